The molecule has 4 aromatic carbocycles. The highest BCUT2D eigenvalue weighted by atomic mass is 35.5. The summed E-state index contributed by atoms with van der Waals surface area (Å²) in [6.45, 7) is 0. The summed E-state index contributed by atoms with van der Waals surface area (Å²) in [5.74, 6) is 0. The van der Waals surface area contributed by atoms with Gasteiger partial charge in [0.25, 0.3) is 0 Å². The average Bonchev–Trinajstić information content (AvgIpc) is 2.84. The van der Waals surface area contributed by atoms with Crippen LogP contribution < -0.4 is 0 Å². The minimum atomic E-state index is 0.693. The van der Waals surface area contributed by atoms with Crippen molar-refractivity contribution < 1.29 is 0 Å². The second-order valence-corrected chi connectivity index (χ2v) is 7.87. The molecule has 0 aliphatic carbocycles. The lowest BCUT2D eigenvalue weighted by Gasteiger charge is -2.05. The van der Waals surface area contributed by atoms with Crippen LogP contribution in [0.2, 0.25) is 10.0 Å². The molecule has 0 aromatic heterocycles. The zero-order chi connectivity index (χ0) is 22.2. The maximum atomic E-state index is 6.07. The molecule has 0 fully saturated rings. The van der Waals surface area contributed by atoms with E-state index in [9.17, 15) is 0 Å². The third kappa shape index (κ3) is 5.51. The van der Waals surface area contributed by atoms with Gasteiger partial charge in [0.2, 0.25) is 0 Å². The van der Waals surface area contributed by atoms with Crippen molar-refractivity contribution in [3.63, 3.8) is 0 Å². The minimum absolute atomic E-state index is 0.693. The Kier molecular flexibility index (Phi) is 7.12. The van der Waals surface area contributed by atoms with Crippen molar-refractivity contribution in [2.24, 2.45) is 0 Å². The van der Waals surface area contributed by atoms with Gasteiger partial charge in [0.15, 0.2) is 0 Å². The summed E-state index contributed by atoms with van der Waals surface area (Å²) in [5.41, 5.74) is 18.5. The van der Waals surface area contributed by atoms with E-state index in [4.69, 9.17) is 23.2 Å². The molecular formula is C30H18Cl2. The summed E-state index contributed by atoms with van der Waals surface area (Å²) in [7, 11) is 0. The van der Waals surface area contributed by atoms with Crippen molar-refractivity contribution in [2.75, 3.05) is 0 Å². The second kappa shape index (κ2) is 10.6. The minimum Gasteiger partial charge on any atom is -0.0843 e. The van der Waals surface area contributed by atoms with E-state index in [-0.39, 0.29) is 0 Å². The van der Waals surface area contributed by atoms with Gasteiger partial charge in [-0.05, 0) is 58.0 Å². The van der Waals surface area contributed by atoms with Crippen molar-refractivity contribution in [3.05, 3.63) is 164 Å². The molecule has 0 N–H and O–H groups in total. The van der Waals surface area contributed by atoms with E-state index in [1.54, 1.807) is 0 Å². The van der Waals surface area contributed by atoms with Crippen LogP contribution in [-0.2, 0) is 0 Å². The molecule has 0 aliphatic rings. The lowest BCUT2D eigenvalue weighted by atomic mass is 9.99. The number of hydrogen-bond acceptors (Lipinski definition) is 0. The Morgan fingerprint density at radius 2 is 0.719 bits per heavy atom. The van der Waals surface area contributed by atoms with Gasteiger partial charge in [-0.1, -0.05) is 120 Å². The van der Waals surface area contributed by atoms with E-state index < -0.39 is 0 Å². The van der Waals surface area contributed by atoms with Crippen LogP contribution in [0.5, 0.6) is 0 Å². The molecule has 0 nitrogen and oxygen atoms in total. The molecule has 4 aromatic rings. The lowest BCUT2D eigenvalue weighted by Crippen LogP contribution is -1.86. The Morgan fingerprint density at radius 3 is 1.06 bits per heavy atom. The van der Waals surface area contributed by atoms with Crippen LogP contribution in [0.3, 0.4) is 0 Å². The van der Waals surface area contributed by atoms with E-state index in [0.29, 0.717) is 10.0 Å². The molecule has 4 rings (SSSR count). The normalized spacial score (nSPS) is 9.69. The summed E-state index contributed by atoms with van der Waals surface area (Å²) in [4.78, 5) is 0. The van der Waals surface area contributed by atoms with Crippen molar-refractivity contribution >= 4 is 34.3 Å². The van der Waals surface area contributed by atoms with Gasteiger partial charge >= 0.3 is 0 Å². The third-order valence-electron chi connectivity index (χ3n) is 4.83. The first-order valence-corrected chi connectivity index (χ1v) is 10.8. The maximum Gasteiger partial charge on any atom is 0.0406 e. The lowest BCUT2D eigenvalue weighted by molar-refractivity contribution is 1.55. The topological polar surface area (TPSA) is 0 Å². The molecular weight excluding hydrogens is 431 g/mol. The first-order valence-electron chi connectivity index (χ1n) is 10.1. The highest BCUT2D eigenvalue weighted by Gasteiger charge is 2.05. The van der Waals surface area contributed by atoms with Gasteiger partial charge in [-0.3, -0.25) is 0 Å². The third-order valence-corrected chi connectivity index (χ3v) is 5.33. The van der Waals surface area contributed by atoms with Gasteiger partial charge in [-0.15, -0.1) is 0 Å². The van der Waals surface area contributed by atoms with Gasteiger partial charge in [0.1, 0.15) is 0 Å². The van der Waals surface area contributed by atoms with Gasteiger partial charge in [-0.2, -0.15) is 0 Å². The predicted octanol–water partition coefficient (Wildman–Crippen LogP) is 8.62. The molecule has 2 heteroatoms. The molecule has 0 radical (unpaired) electrons. The largest absolute Gasteiger partial charge is 0.0843 e. The van der Waals surface area contributed by atoms with Crippen molar-refractivity contribution in [1.29, 1.82) is 0 Å². The fourth-order valence-corrected chi connectivity index (χ4v) is 3.50. The Balaban J connectivity index is 1.93. The van der Waals surface area contributed by atoms with Crippen LogP contribution in [0.1, 0.15) is 22.3 Å². The molecule has 0 spiro atoms. The number of halogens is 2. The number of hydrogen-bond donors (Lipinski definition) is 0. The average molecular weight is 449 g/mol. The van der Waals surface area contributed by atoms with E-state index in [1.165, 1.54) is 0 Å². The predicted molar refractivity (Wildman–Crippen MR) is 135 cm³/mol. The van der Waals surface area contributed by atoms with Crippen LogP contribution in [-0.4, -0.2) is 0 Å². The molecule has 0 saturated carbocycles. The molecule has 0 aliphatic heterocycles. The quantitative estimate of drug-likeness (QED) is 0.274. The smallest absolute Gasteiger partial charge is 0.0406 e. The summed E-state index contributed by atoms with van der Waals surface area (Å²) in [6.07, 6.45) is 0. The Hall–Kier alpha value is -3.68. The fourth-order valence-electron chi connectivity index (χ4n) is 3.25. The summed E-state index contributed by atoms with van der Waals surface area (Å²) in [5, 5.41) is 1.39. The van der Waals surface area contributed by atoms with Crippen LogP contribution in [0.15, 0.2) is 132 Å². The highest BCUT2D eigenvalue weighted by molar-refractivity contribution is 6.30. The Morgan fingerprint density at radius 1 is 0.406 bits per heavy atom. The van der Waals surface area contributed by atoms with E-state index in [0.717, 1.165) is 33.4 Å². The number of rotatable bonds is 4. The molecule has 0 bridgehead atoms. The first-order chi connectivity index (χ1) is 15.7. The zero-order valence-electron chi connectivity index (χ0n) is 17.1. The van der Waals surface area contributed by atoms with E-state index >= 15 is 0 Å². The van der Waals surface area contributed by atoms with Gasteiger partial charge in [0, 0.05) is 21.2 Å². The van der Waals surface area contributed by atoms with Crippen LogP contribution in [0, 0.1) is 0 Å². The molecule has 0 saturated heterocycles. The molecule has 0 heterocycles. The van der Waals surface area contributed by atoms with Crippen molar-refractivity contribution in [2.45, 2.75) is 0 Å². The van der Waals surface area contributed by atoms with Gasteiger partial charge in [-0.25, -0.2) is 0 Å². The fraction of sp³-hybridized carbons (Fsp3) is 0. The summed E-state index contributed by atoms with van der Waals surface area (Å²) < 4.78 is 0. The first kappa shape index (κ1) is 21.5. The highest BCUT2D eigenvalue weighted by Crippen LogP contribution is 2.24. The number of benzene rings is 4. The summed E-state index contributed by atoms with van der Waals surface area (Å²) in [6, 6.07) is 35.5. The maximum absolute atomic E-state index is 6.07. The zero-order valence-corrected chi connectivity index (χ0v) is 18.7. The Bertz CT molecular complexity index is 1260. The van der Waals surface area contributed by atoms with Crippen LogP contribution in [0.4, 0.5) is 0 Å². The molecule has 152 valence electrons. The SMILES string of the molecule is Clc1ccc(C(=C=C=C=C=C(c2ccccc2)c2ccc(Cl)cc2)c2ccccc2)cc1. The molecule has 0 amide bonds. The van der Waals surface area contributed by atoms with Gasteiger partial charge in [0.05, 0.1) is 0 Å². The molecule has 0 atom stereocenters. The molecule has 32 heavy (non-hydrogen) atoms. The summed E-state index contributed by atoms with van der Waals surface area (Å²) >= 11 is 12.1. The van der Waals surface area contributed by atoms with E-state index in [1.807, 2.05) is 109 Å². The van der Waals surface area contributed by atoms with E-state index in [2.05, 4.69) is 22.9 Å². The van der Waals surface area contributed by atoms with Crippen molar-refractivity contribution in [1.82, 2.24) is 0 Å². The standard InChI is InChI=1S/C30H18Cl2/c31-27-19-15-25(16-20-27)29(23-9-3-1-4-10-23)13-7-8-14-30(24-11-5-2-6-12-24)26-17-21-28(32)22-18-26/h1-6,9-12,15-22H. The molecule has 0 unspecified atom stereocenters. The van der Waals surface area contributed by atoms with Crippen LogP contribution in [0.25, 0.3) is 11.1 Å². The van der Waals surface area contributed by atoms with Crippen molar-refractivity contribution in [3.8, 4) is 0 Å². The van der Waals surface area contributed by atoms with Crippen LogP contribution >= 0.6 is 23.2 Å². The van der Waals surface area contributed by atoms with Gasteiger partial charge < -0.3 is 0 Å². The monoisotopic (exact) mass is 448 g/mol. The second-order valence-electron chi connectivity index (χ2n) is 7.00. The Labute approximate surface area is 198 Å².